The van der Waals surface area contributed by atoms with Gasteiger partial charge < -0.3 is 39.4 Å². The number of Topliss-reactive ketones (excluding diaryl/α,β-unsaturated/α-hetero) is 1. The smallest absolute Gasteiger partial charge is 0.201 e. The van der Waals surface area contributed by atoms with Crippen LogP contribution in [0.25, 0.3) is 0 Å². The second kappa shape index (κ2) is 7.67. The molecule has 0 spiro atoms. The Labute approximate surface area is 174 Å². The van der Waals surface area contributed by atoms with E-state index in [9.17, 15) is 30.3 Å². The molecule has 1 aliphatic heterocycles. The fourth-order valence-corrected chi connectivity index (χ4v) is 5.30. The quantitative estimate of drug-likeness (QED) is 0.456. The van der Waals surface area contributed by atoms with Gasteiger partial charge in [-0.3, -0.25) is 4.79 Å². The lowest BCUT2D eigenvalue weighted by Crippen LogP contribution is -2.59. The molecule has 1 fully saturated rings. The van der Waals surface area contributed by atoms with Crippen molar-refractivity contribution in [1.29, 1.82) is 0 Å². The van der Waals surface area contributed by atoms with Crippen LogP contribution in [0.5, 0.6) is 0 Å². The van der Waals surface area contributed by atoms with Gasteiger partial charge in [0.15, 0.2) is 12.1 Å². The summed E-state index contributed by atoms with van der Waals surface area (Å²) in [5, 5.41) is 51.4. The third-order valence-electron chi connectivity index (χ3n) is 6.92. The first-order valence-electron chi connectivity index (χ1n) is 10.4. The molecule has 9 heteroatoms. The van der Waals surface area contributed by atoms with Crippen molar-refractivity contribution in [2.75, 3.05) is 6.61 Å². The molecule has 168 valence electrons. The van der Waals surface area contributed by atoms with E-state index in [1.807, 2.05) is 13.8 Å². The Morgan fingerprint density at radius 3 is 2.57 bits per heavy atom. The van der Waals surface area contributed by atoms with E-state index in [0.717, 1.165) is 0 Å². The molecule has 2 aliphatic carbocycles. The van der Waals surface area contributed by atoms with E-state index in [1.165, 1.54) is 6.26 Å². The number of ketones is 1. The lowest BCUT2D eigenvalue weighted by Gasteiger charge is -2.48. The summed E-state index contributed by atoms with van der Waals surface area (Å²) in [7, 11) is 0. The van der Waals surface area contributed by atoms with Crippen molar-refractivity contribution in [2.45, 2.75) is 76.0 Å². The highest BCUT2D eigenvalue weighted by Gasteiger charge is 2.56. The summed E-state index contributed by atoms with van der Waals surface area (Å²) in [5.41, 5.74) is -0.277. The van der Waals surface area contributed by atoms with E-state index < -0.39 is 49.0 Å². The van der Waals surface area contributed by atoms with Gasteiger partial charge in [-0.1, -0.05) is 20.8 Å². The number of hydrogen-bond acceptors (Lipinski definition) is 9. The molecule has 0 saturated carbocycles. The average molecular weight is 426 g/mol. The fraction of sp³-hybridized carbons (Fsp3) is 0.762. The standard InChI is InChI=1S/C21H30O9/c1-8(2)11-4-12(29-20-18(26)17(25)16(24)13(6-22)30-20)10-7-28-19-14(10)21(11,27)5-9(3)15(19)23/h7-9,11-13,16-18,20,22,24-27H,4-6H2,1-3H3. The van der Waals surface area contributed by atoms with Gasteiger partial charge in [0.25, 0.3) is 0 Å². The molecule has 30 heavy (non-hydrogen) atoms. The highest BCUT2D eigenvalue weighted by molar-refractivity contribution is 5.98. The van der Waals surface area contributed by atoms with E-state index in [0.29, 0.717) is 24.0 Å². The Kier molecular flexibility index (Phi) is 5.59. The summed E-state index contributed by atoms with van der Waals surface area (Å²) >= 11 is 0. The molecule has 2 heterocycles. The van der Waals surface area contributed by atoms with Crippen LogP contribution in [0.4, 0.5) is 0 Å². The second-order valence-electron chi connectivity index (χ2n) is 9.20. The lowest BCUT2D eigenvalue weighted by molar-refractivity contribution is -0.316. The van der Waals surface area contributed by atoms with Crippen molar-refractivity contribution >= 4 is 5.78 Å². The number of carbonyl (C=O) groups is 1. The van der Waals surface area contributed by atoms with Gasteiger partial charge >= 0.3 is 0 Å². The molecule has 0 amide bonds. The van der Waals surface area contributed by atoms with Crippen molar-refractivity contribution in [3.63, 3.8) is 0 Å². The van der Waals surface area contributed by atoms with E-state index in [1.54, 1.807) is 6.92 Å². The van der Waals surface area contributed by atoms with Crippen LogP contribution in [0.1, 0.15) is 61.4 Å². The van der Waals surface area contributed by atoms with E-state index in [-0.39, 0.29) is 29.3 Å². The minimum atomic E-state index is -1.55. The van der Waals surface area contributed by atoms with Crippen LogP contribution in [0.2, 0.25) is 0 Å². The molecule has 1 saturated heterocycles. The van der Waals surface area contributed by atoms with Gasteiger partial charge in [0, 0.05) is 17.0 Å². The predicted octanol–water partition coefficient (Wildman–Crippen LogP) is 0.223. The fourth-order valence-electron chi connectivity index (χ4n) is 5.30. The Hall–Kier alpha value is -1.33. The monoisotopic (exact) mass is 426 g/mol. The maximum atomic E-state index is 12.6. The van der Waals surface area contributed by atoms with Crippen molar-refractivity contribution in [3.8, 4) is 0 Å². The average Bonchev–Trinajstić information content (AvgIpc) is 3.15. The summed E-state index contributed by atoms with van der Waals surface area (Å²) in [4.78, 5) is 12.6. The van der Waals surface area contributed by atoms with Gasteiger partial charge in [-0.05, 0) is 24.7 Å². The van der Waals surface area contributed by atoms with Crippen molar-refractivity contribution in [2.24, 2.45) is 17.8 Å². The van der Waals surface area contributed by atoms with Crippen molar-refractivity contribution in [1.82, 2.24) is 0 Å². The van der Waals surface area contributed by atoms with E-state index in [2.05, 4.69) is 0 Å². The summed E-state index contributed by atoms with van der Waals surface area (Å²) in [5.74, 6) is -0.583. The first-order chi connectivity index (χ1) is 14.1. The van der Waals surface area contributed by atoms with Gasteiger partial charge in [-0.15, -0.1) is 0 Å². The topological polar surface area (TPSA) is 150 Å². The van der Waals surface area contributed by atoms with Crippen LogP contribution in [0, 0.1) is 17.8 Å². The van der Waals surface area contributed by atoms with Crippen LogP contribution in [0.15, 0.2) is 10.7 Å². The molecule has 3 aliphatic rings. The Morgan fingerprint density at radius 2 is 1.93 bits per heavy atom. The molecular formula is C21H30O9. The summed E-state index contributed by atoms with van der Waals surface area (Å²) in [6.07, 6.45) is -5.57. The van der Waals surface area contributed by atoms with Crippen molar-refractivity contribution < 1.29 is 44.2 Å². The number of aliphatic hydroxyl groups excluding tert-OH is 4. The zero-order chi connectivity index (χ0) is 22.0. The van der Waals surface area contributed by atoms with Crippen LogP contribution >= 0.6 is 0 Å². The van der Waals surface area contributed by atoms with Crippen LogP contribution < -0.4 is 0 Å². The molecule has 0 bridgehead atoms. The molecule has 5 N–H and O–H groups in total. The largest absolute Gasteiger partial charge is 0.460 e. The zero-order valence-corrected chi connectivity index (χ0v) is 17.3. The van der Waals surface area contributed by atoms with Gasteiger partial charge in [0.1, 0.15) is 24.4 Å². The van der Waals surface area contributed by atoms with Crippen molar-refractivity contribution in [3.05, 3.63) is 23.2 Å². The molecule has 9 unspecified atom stereocenters. The lowest BCUT2D eigenvalue weighted by atomic mass is 9.61. The Balaban J connectivity index is 1.70. The SMILES string of the molecule is CC1CC2(O)c3c(coc3C1=O)C(OC1OC(CO)C(O)C(O)C1O)CC2C(C)C. The molecule has 9 nitrogen and oxygen atoms in total. The second-order valence-corrected chi connectivity index (χ2v) is 9.20. The van der Waals surface area contributed by atoms with Gasteiger partial charge in [0.05, 0.1) is 24.6 Å². The normalized spacial score (nSPS) is 43.7. The first kappa shape index (κ1) is 21.9. The van der Waals surface area contributed by atoms with E-state index in [4.69, 9.17) is 13.9 Å². The number of aliphatic hydroxyl groups is 5. The third kappa shape index (κ3) is 3.15. The molecule has 4 rings (SSSR count). The highest BCUT2D eigenvalue weighted by atomic mass is 16.7. The van der Waals surface area contributed by atoms with Crippen LogP contribution in [-0.2, 0) is 15.1 Å². The number of furan rings is 1. The Morgan fingerprint density at radius 1 is 1.23 bits per heavy atom. The Bertz CT molecular complexity index is 802. The first-order valence-corrected chi connectivity index (χ1v) is 10.4. The molecular weight excluding hydrogens is 396 g/mol. The molecule has 1 aromatic rings. The number of rotatable bonds is 4. The number of carbonyl (C=O) groups excluding carboxylic acids is 1. The molecule has 0 radical (unpaired) electrons. The number of hydrogen-bond donors (Lipinski definition) is 5. The predicted molar refractivity (Wildman–Crippen MR) is 101 cm³/mol. The number of ether oxygens (including phenoxy) is 2. The summed E-state index contributed by atoms with van der Waals surface area (Å²) < 4.78 is 17.1. The highest BCUT2D eigenvalue weighted by Crippen LogP contribution is 2.56. The summed E-state index contributed by atoms with van der Waals surface area (Å²) in [6.45, 7) is 5.19. The third-order valence-corrected chi connectivity index (χ3v) is 6.92. The molecule has 1 aromatic heterocycles. The van der Waals surface area contributed by atoms with Crippen LogP contribution in [-0.4, -0.2) is 68.6 Å². The van der Waals surface area contributed by atoms with Gasteiger partial charge in [-0.25, -0.2) is 0 Å². The molecule has 9 atom stereocenters. The molecule has 0 aromatic carbocycles. The van der Waals surface area contributed by atoms with E-state index >= 15 is 0 Å². The van der Waals surface area contributed by atoms with Gasteiger partial charge in [0.2, 0.25) is 5.78 Å². The van der Waals surface area contributed by atoms with Gasteiger partial charge in [-0.2, -0.15) is 0 Å². The minimum Gasteiger partial charge on any atom is -0.460 e. The summed E-state index contributed by atoms with van der Waals surface area (Å²) in [6, 6.07) is 0. The maximum Gasteiger partial charge on any atom is 0.201 e. The zero-order valence-electron chi connectivity index (χ0n) is 17.3. The van der Waals surface area contributed by atoms with Crippen LogP contribution in [0.3, 0.4) is 0 Å². The minimum absolute atomic E-state index is 0.0622. The maximum absolute atomic E-state index is 12.6.